The van der Waals surface area contributed by atoms with Crippen molar-refractivity contribution in [1.29, 1.82) is 0 Å². The Morgan fingerprint density at radius 2 is 2.10 bits per heavy atom. The van der Waals surface area contributed by atoms with Crippen molar-refractivity contribution in [1.82, 2.24) is 10.6 Å². The number of aryl methyl sites for hydroxylation is 1. The molecular formula is C14H12F2N2OS. The molecule has 6 heteroatoms. The fraction of sp³-hybridized carbons (Fsp3) is 0.214. The highest BCUT2D eigenvalue weighted by molar-refractivity contribution is 7.10. The van der Waals surface area contributed by atoms with Gasteiger partial charge in [-0.1, -0.05) is 12.1 Å². The predicted molar refractivity (Wildman–Crippen MR) is 73.7 cm³/mol. The highest BCUT2D eigenvalue weighted by Crippen LogP contribution is 2.31. The van der Waals surface area contributed by atoms with Crippen LogP contribution in [-0.2, 0) is 0 Å². The van der Waals surface area contributed by atoms with Gasteiger partial charge in [0.2, 0.25) is 0 Å². The molecule has 1 aromatic heterocycles. The summed E-state index contributed by atoms with van der Waals surface area (Å²) in [5.41, 5.74) is 1.08. The maximum Gasteiger partial charge on any atom is 0.315 e. The number of rotatable bonds is 2. The average molecular weight is 294 g/mol. The van der Waals surface area contributed by atoms with Crippen molar-refractivity contribution in [2.45, 2.75) is 13.0 Å². The number of urea groups is 1. The molecule has 0 saturated carbocycles. The van der Waals surface area contributed by atoms with Crippen LogP contribution in [0.1, 0.15) is 16.5 Å². The first-order valence-corrected chi connectivity index (χ1v) is 7.02. The Labute approximate surface area is 118 Å². The Kier molecular flexibility index (Phi) is 3.17. The molecule has 2 amide bonds. The van der Waals surface area contributed by atoms with Crippen molar-refractivity contribution in [3.8, 4) is 11.1 Å². The number of halogens is 2. The topological polar surface area (TPSA) is 41.1 Å². The lowest BCUT2D eigenvalue weighted by Gasteiger charge is -2.12. The van der Waals surface area contributed by atoms with Gasteiger partial charge in [-0.15, -0.1) is 11.3 Å². The zero-order chi connectivity index (χ0) is 14.3. The Morgan fingerprint density at radius 3 is 2.70 bits per heavy atom. The van der Waals surface area contributed by atoms with Crippen LogP contribution in [0.5, 0.6) is 0 Å². The molecule has 0 spiro atoms. The van der Waals surface area contributed by atoms with Gasteiger partial charge in [-0.2, -0.15) is 0 Å². The number of amides is 2. The van der Waals surface area contributed by atoms with E-state index in [4.69, 9.17) is 0 Å². The zero-order valence-corrected chi connectivity index (χ0v) is 11.5. The summed E-state index contributed by atoms with van der Waals surface area (Å²) in [6, 6.07) is 4.00. The Hall–Kier alpha value is -1.95. The van der Waals surface area contributed by atoms with Gasteiger partial charge in [-0.05, 0) is 23.9 Å². The molecule has 1 fully saturated rings. The summed E-state index contributed by atoms with van der Waals surface area (Å²) in [5.74, 6) is -1.78. The molecule has 1 unspecified atom stereocenters. The molecule has 104 valence electrons. The third kappa shape index (κ3) is 2.16. The Balaban J connectivity index is 2.01. The smallest absolute Gasteiger partial charge is 0.315 e. The van der Waals surface area contributed by atoms with Crippen LogP contribution in [0.4, 0.5) is 13.6 Å². The van der Waals surface area contributed by atoms with Gasteiger partial charge in [0.15, 0.2) is 11.6 Å². The largest absolute Gasteiger partial charge is 0.336 e. The Bertz CT molecular complexity index is 684. The first-order valence-electron chi connectivity index (χ1n) is 6.14. The molecule has 20 heavy (non-hydrogen) atoms. The minimum absolute atomic E-state index is 0.163. The molecule has 1 aromatic carbocycles. The van der Waals surface area contributed by atoms with Crippen molar-refractivity contribution < 1.29 is 13.6 Å². The summed E-state index contributed by atoms with van der Waals surface area (Å²) < 4.78 is 28.4. The van der Waals surface area contributed by atoms with E-state index in [1.807, 2.05) is 13.0 Å². The second kappa shape index (κ2) is 4.86. The van der Waals surface area contributed by atoms with Crippen molar-refractivity contribution in [2.75, 3.05) is 6.54 Å². The van der Waals surface area contributed by atoms with Crippen LogP contribution < -0.4 is 10.6 Å². The molecule has 1 atom stereocenters. The highest BCUT2D eigenvalue weighted by atomic mass is 32.1. The van der Waals surface area contributed by atoms with Gasteiger partial charge in [0, 0.05) is 22.5 Å². The SMILES string of the molecule is Cc1cc(-c2ccc(C3CNC(=O)N3)c(F)c2F)cs1. The molecule has 1 saturated heterocycles. The maximum absolute atomic E-state index is 14.2. The van der Waals surface area contributed by atoms with Crippen molar-refractivity contribution in [3.05, 3.63) is 45.7 Å². The summed E-state index contributed by atoms with van der Waals surface area (Å²) in [6.45, 7) is 2.17. The number of carbonyl (C=O) groups excluding carboxylic acids is 1. The molecule has 3 rings (SSSR count). The molecule has 0 radical (unpaired) electrons. The minimum Gasteiger partial charge on any atom is -0.336 e. The van der Waals surface area contributed by atoms with Gasteiger partial charge in [0.05, 0.1) is 6.04 Å². The summed E-state index contributed by atoms with van der Waals surface area (Å²) in [4.78, 5) is 12.1. The van der Waals surface area contributed by atoms with E-state index in [1.165, 1.54) is 17.4 Å². The van der Waals surface area contributed by atoms with Gasteiger partial charge in [-0.25, -0.2) is 13.6 Å². The van der Waals surface area contributed by atoms with Crippen LogP contribution in [-0.4, -0.2) is 12.6 Å². The molecule has 1 aliphatic rings. The molecule has 2 N–H and O–H groups in total. The van der Waals surface area contributed by atoms with E-state index in [1.54, 1.807) is 11.4 Å². The number of nitrogens with one attached hydrogen (secondary N) is 2. The van der Waals surface area contributed by atoms with E-state index < -0.39 is 17.7 Å². The quantitative estimate of drug-likeness (QED) is 0.876. The Morgan fingerprint density at radius 1 is 1.30 bits per heavy atom. The third-order valence-corrected chi connectivity index (χ3v) is 4.16. The molecular weight excluding hydrogens is 282 g/mol. The van der Waals surface area contributed by atoms with Gasteiger partial charge in [0.1, 0.15) is 0 Å². The minimum atomic E-state index is -0.902. The van der Waals surface area contributed by atoms with Crippen LogP contribution in [0.3, 0.4) is 0 Å². The molecule has 3 nitrogen and oxygen atoms in total. The van der Waals surface area contributed by atoms with Crippen molar-refractivity contribution in [2.24, 2.45) is 0 Å². The van der Waals surface area contributed by atoms with E-state index in [9.17, 15) is 13.6 Å². The fourth-order valence-corrected chi connectivity index (χ4v) is 2.99. The summed E-state index contributed by atoms with van der Waals surface area (Å²) in [5, 5.41) is 6.87. The van der Waals surface area contributed by atoms with Crippen LogP contribution >= 0.6 is 11.3 Å². The molecule has 0 aliphatic carbocycles. The van der Waals surface area contributed by atoms with Crippen LogP contribution in [0.15, 0.2) is 23.6 Å². The summed E-state index contributed by atoms with van der Waals surface area (Å²) >= 11 is 1.49. The molecule has 1 aliphatic heterocycles. The summed E-state index contributed by atoms with van der Waals surface area (Å²) in [7, 11) is 0. The lowest BCUT2D eigenvalue weighted by Crippen LogP contribution is -2.22. The normalized spacial score (nSPS) is 17.9. The van der Waals surface area contributed by atoms with Crippen LogP contribution in [0.2, 0.25) is 0 Å². The zero-order valence-electron chi connectivity index (χ0n) is 10.7. The highest BCUT2D eigenvalue weighted by Gasteiger charge is 2.26. The monoisotopic (exact) mass is 294 g/mol. The van der Waals surface area contributed by atoms with E-state index >= 15 is 0 Å². The lowest BCUT2D eigenvalue weighted by atomic mass is 10.0. The second-order valence-electron chi connectivity index (χ2n) is 4.68. The average Bonchev–Trinajstić information content (AvgIpc) is 3.02. The van der Waals surface area contributed by atoms with E-state index in [-0.39, 0.29) is 23.7 Å². The second-order valence-corrected chi connectivity index (χ2v) is 5.80. The van der Waals surface area contributed by atoms with Gasteiger partial charge >= 0.3 is 6.03 Å². The van der Waals surface area contributed by atoms with Crippen LogP contribution in [0, 0.1) is 18.6 Å². The van der Waals surface area contributed by atoms with E-state index in [0.717, 1.165) is 4.88 Å². The molecule has 0 bridgehead atoms. The predicted octanol–water partition coefficient (Wildman–Crippen LogP) is 3.36. The maximum atomic E-state index is 14.2. The lowest BCUT2D eigenvalue weighted by molar-refractivity contribution is 0.247. The van der Waals surface area contributed by atoms with Gasteiger partial charge < -0.3 is 10.6 Å². The molecule has 2 aromatic rings. The standard InChI is InChI=1S/C14H12F2N2OS/c1-7-4-8(6-20-7)9-2-3-10(13(16)12(9)15)11-5-17-14(19)18-11/h2-4,6,11H,5H2,1H3,(H2,17,18,19). The molecule has 2 heterocycles. The number of benzene rings is 1. The van der Waals surface area contributed by atoms with Gasteiger partial charge in [-0.3, -0.25) is 0 Å². The first-order chi connectivity index (χ1) is 9.56. The van der Waals surface area contributed by atoms with Gasteiger partial charge in [0.25, 0.3) is 0 Å². The van der Waals surface area contributed by atoms with E-state index in [2.05, 4.69) is 10.6 Å². The summed E-state index contributed by atoms with van der Waals surface area (Å²) in [6.07, 6.45) is 0. The number of thiophene rings is 1. The fourth-order valence-electron chi connectivity index (χ4n) is 2.28. The number of hydrogen-bond donors (Lipinski definition) is 2. The number of carbonyl (C=O) groups is 1. The first kappa shape index (κ1) is 13.1. The third-order valence-electron chi connectivity index (χ3n) is 3.30. The van der Waals surface area contributed by atoms with Crippen molar-refractivity contribution in [3.63, 3.8) is 0 Å². The number of hydrogen-bond acceptors (Lipinski definition) is 2. The van der Waals surface area contributed by atoms with Crippen LogP contribution in [0.25, 0.3) is 11.1 Å². The van der Waals surface area contributed by atoms with E-state index in [0.29, 0.717) is 5.56 Å². The van der Waals surface area contributed by atoms with Crippen molar-refractivity contribution >= 4 is 17.4 Å².